The van der Waals surface area contributed by atoms with Crippen LogP contribution >= 0.6 is 0 Å². The topological polar surface area (TPSA) is 79.0 Å². The number of benzene rings is 2. The second-order valence-corrected chi connectivity index (χ2v) is 7.21. The van der Waals surface area contributed by atoms with E-state index in [1.54, 1.807) is 24.3 Å². The molecule has 3 amide bonds. The van der Waals surface area contributed by atoms with Crippen molar-refractivity contribution in [2.24, 2.45) is 0 Å². The van der Waals surface area contributed by atoms with Gasteiger partial charge in [-0.2, -0.15) is 0 Å². The molecule has 10 heteroatoms. The van der Waals surface area contributed by atoms with E-state index in [0.29, 0.717) is 41.9 Å². The molecular formula is C21H18F3N3O4. The molecule has 1 fully saturated rings. The maximum absolute atomic E-state index is 13.0. The number of carbonyl (C=O) groups excluding carboxylic acids is 3. The smallest absolute Gasteiger partial charge is 0.406 e. The van der Waals surface area contributed by atoms with Gasteiger partial charge in [0.15, 0.2) is 0 Å². The summed E-state index contributed by atoms with van der Waals surface area (Å²) in [5.41, 5.74) is 4.40. The number of hydrogen-bond acceptors (Lipinski definition) is 4. The van der Waals surface area contributed by atoms with Gasteiger partial charge in [-0.15, -0.1) is 13.2 Å². The summed E-state index contributed by atoms with van der Waals surface area (Å²) in [6.07, 6.45) is -3.41. The maximum atomic E-state index is 13.0. The van der Waals surface area contributed by atoms with E-state index >= 15 is 0 Å². The number of ether oxygens (including phenoxy) is 1. The minimum atomic E-state index is -4.78. The van der Waals surface area contributed by atoms with Gasteiger partial charge in [-0.25, -0.2) is 5.01 Å². The summed E-state index contributed by atoms with van der Waals surface area (Å²) in [6, 6.07) is 10.1. The maximum Gasteiger partial charge on any atom is 0.573 e. The van der Waals surface area contributed by atoms with E-state index in [2.05, 4.69) is 10.2 Å². The van der Waals surface area contributed by atoms with Crippen molar-refractivity contribution in [2.75, 3.05) is 16.5 Å². The van der Waals surface area contributed by atoms with Crippen molar-refractivity contribution in [2.45, 2.75) is 32.0 Å². The number of hydrogen-bond donors (Lipinski definition) is 1. The van der Waals surface area contributed by atoms with E-state index in [1.165, 1.54) is 23.1 Å². The van der Waals surface area contributed by atoms with Crippen LogP contribution in [0, 0.1) is 0 Å². The summed E-state index contributed by atoms with van der Waals surface area (Å²) >= 11 is 0. The summed E-state index contributed by atoms with van der Waals surface area (Å²) in [6.45, 7) is 0.424. The summed E-state index contributed by atoms with van der Waals surface area (Å²) in [5.74, 6) is -1.15. The lowest BCUT2D eigenvalue weighted by Crippen LogP contribution is -2.50. The number of fused-ring (bicyclic) bond motifs is 1. The molecule has 0 spiro atoms. The number of rotatable bonds is 3. The van der Waals surface area contributed by atoms with E-state index < -0.39 is 6.36 Å². The first-order chi connectivity index (χ1) is 14.7. The quantitative estimate of drug-likeness (QED) is 0.806. The monoisotopic (exact) mass is 433 g/mol. The van der Waals surface area contributed by atoms with Gasteiger partial charge in [0, 0.05) is 30.6 Å². The molecule has 0 bridgehead atoms. The van der Waals surface area contributed by atoms with Gasteiger partial charge in [-0.1, -0.05) is 0 Å². The fourth-order valence-electron chi connectivity index (χ4n) is 3.67. The molecule has 1 N–H and O–H groups in total. The molecule has 0 atom stereocenters. The molecule has 162 valence electrons. The Morgan fingerprint density at radius 2 is 1.74 bits per heavy atom. The number of nitrogens with one attached hydrogen (secondary N) is 1. The molecule has 4 rings (SSSR count). The third kappa shape index (κ3) is 4.47. The molecule has 2 aliphatic rings. The number of nitrogens with zero attached hydrogens (tertiary/aromatic N) is 2. The van der Waals surface area contributed by atoms with Crippen LogP contribution in [0.15, 0.2) is 42.5 Å². The average Bonchev–Trinajstić information content (AvgIpc) is 2.73. The molecule has 7 nitrogen and oxygen atoms in total. The molecule has 0 unspecified atom stereocenters. The van der Waals surface area contributed by atoms with Gasteiger partial charge in [0.05, 0.1) is 5.69 Å². The van der Waals surface area contributed by atoms with Crippen LogP contribution in [0.1, 0.15) is 35.2 Å². The largest absolute Gasteiger partial charge is 0.573 e. The van der Waals surface area contributed by atoms with Crippen molar-refractivity contribution >= 4 is 29.1 Å². The van der Waals surface area contributed by atoms with Crippen molar-refractivity contribution in [3.05, 3.63) is 53.6 Å². The Bertz CT molecular complexity index is 1040. The van der Waals surface area contributed by atoms with Gasteiger partial charge >= 0.3 is 6.36 Å². The molecule has 1 saturated heterocycles. The Labute approximate surface area is 175 Å². The molecule has 0 radical (unpaired) electrons. The van der Waals surface area contributed by atoms with Gasteiger partial charge in [0.1, 0.15) is 5.75 Å². The number of amides is 3. The van der Waals surface area contributed by atoms with Gasteiger partial charge in [0.2, 0.25) is 11.8 Å². The normalized spacial score (nSPS) is 16.6. The predicted molar refractivity (Wildman–Crippen MR) is 104 cm³/mol. The van der Waals surface area contributed by atoms with Gasteiger partial charge in [0.25, 0.3) is 5.91 Å². The van der Waals surface area contributed by atoms with E-state index in [0.717, 1.165) is 5.01 Å². The minimum absolute atomic E-state index is 0.108. The van der Waals surface area contributed by atoms with Crippen LogP contribution in [0.3, 0.4) is 0 Å². The standard InChI is InChI=1S/C21H18F3N3O4/c22-21(23,24)31-16-7-8-17-14(12-16)2-1-11-26(17)20(30)13-3-5-15(6-4-13)27-19(29)10-9-18(28)25-27/h3-8,12H,1-2,9-11H2,(H,25,28). The van der Waals surface area contributed by atoms with Crippen LogP contribution in [0.5, 0.6) is 5.75 Å². The zero-order valence-corrected chi connectivity index (χ0v) is 16.2. The van der Waals surface area contributed by atoms with Gasteiger partial charge in [-0.3, -0.25) is 19.8 Å². The predicted octanol–water partition coefficient (Wildman–Crippen LogP) is 3.34. The number of aryl methyl sites for hydroxylation is 1. The highest BCUT2D eigenvalue weighted by molar-refractivity contribution is 6.07. The number of halogens is 3. The number of hydrazine groups is 1. The zero-order valence-electron chi connectivity index (χ0n) is 16.2. The fourth-order valence-corrected chi connectivity index (χ4v) is 3.67. The Balaban J connectivity index is 1.54. The molecule has 0 aromatic heterocycles. The van der Waals surface area contributed by atoms with Crippen molar-refractivity contribution < 1.29 is 32.3 Å². The first-order valence-corrected chi connectivity index (χ1v) is 9.64. The summed E-state index contributed by atoms with van der Waals surface area (Å²) in [5, 5.41) is 1.15. The van der Waals surface area contributed by atoms with Crippen molar-refractivity contribution in [1.29, 1.82) is 0 Å². The first-order valence-electron chi connectivity index (χ1n) is 9.64. The Kier molecular flexibility index (Phi) is 5.30. The highest BCUT2D eigenvalue weighted by atomic mass is 19.4. The third-order valence-corrected chi connectivity index (χ3v) is 5.07. The first kappa shape index (κ1) is 20.7. The highest BCUT2D eigenvalue weighted by Crippen LogP contribution is 2.33. The SMILES string of the molecule is O=C1CCC(=O)N(c2ccc(C(=O)N3CCCc4cc(OC(F)(F)F)ccc43)cc2)N1. The average molecular weight is 433 g/mol. The van der Waals surface area contributed by atoms with E-state index in [-0.39, 0.29) is 36.3 Å². The van der Waals surface area contributed by atoms with Crippen molar-refractivity contribution in [3.8, 4) is 5.75 Å². The molecule has 2 aliphatic heterocycles. The Morgan fingerprint density at radius 3 is 2.45 bits per heavy atom. The van der Waals surface area contributed by atoms with Gasteiger partial charge < -0.3 is 9.64 Å². The summed E-state index contributed by atoms with van der Waals surface area (Å²) in [7, 11) is 0. The van der Waals surface area contributed by atoms with Crippen molar-refractivity contribution in [3.63, 3.8) is 0 Å². The number of carbonyl (C=O) groups is 3. The molecule has 2 heterocycles. The third-order valence-electron chi connectivity index (χ3n) is 5.07. The lowest BCUT2D eigenvalue weighted by atomic mass is 10.00. The Hall–Kier alpha value is -3.56. The van der Waals surface area contributed by atoms with Crippen LogP contribution in [0.4, 0.5) is 24.5 Å². The number of anilines is 2. The van der Waals surface area contributed by atoms with E-state index in [9.17, 15) is 27.6 Å². The lowest BCUT2D eigenvalue weighted by molar-refractivity contribution is -0.274. The van der Waals surface area contributed by atoms with Crippen LogP contribution < -0.4 is 20.1 Å². The fraction of sp³-hybridized carbons (Fsp3) is 0.286. The minimum Gasteiger partial charge on any atom is -0.406 e. The highest BCUT2D eigenvalue weighted by Gasteiger charge is 2.32. The Morgan fingerprint density at radius 1 is 1.00 bits per heavy atom. The van der Waals surface area contributed by atoms with Gasteiger partial charge in [-0.05, 0) is 60.9 Å². The van der Waals surface area contributed by atoms with Crippen molar-refractivity contribution in [1.82, 2.24) is 5.43 Å². The summed E-state index contributed by atoms with van der Waals surface area (Å²) in [4.78, 5) is 38.1. The second kappa shape index (κ2) is 7.93. The molecule has 31 heavy (non-hydrogen) atoms. The number of alkyl halides is 3. The zero-order chi connectivity index (χ0) is 22.2. The molecule has 0 aliphatic carbocycles. The molecule has 0 saturated carbocycles. The van der Waals surface area contributed by atoms with Crippen LogP contribution in [0.2, 0.25) is 0 Å². The second-order valence-electron chi connectivity index (χ2n) is 7.21. The van der Waals surface area contributed by atoms with E-state index in [1.807, 2.05) is 0 Å². The van der Waals surface area contributed by atoms with Crippen LogP contribution in [-0.4, -0.2) is 30.6 Å². The van der Waals surface area contributed by atoms with Crippen LogP contribution in [0.25, 0.3) is 0 Å². The molecular weight excluding hydrogens is 415 g/mol. The molecule has 2 aromatic rings. The molecule has 2 aromatic carbocycles. The van der Waals surface area contributed by atoms with E-state index in [4.69, 9.17) is 0 Å². The van der Waals surface area contributed by atoms with Crippen LogP contribution in [-0.2, 0) is 16.0 Å². The lowest BCUT2D eigenvalue weighted by Gasteiger charge is -2.30. The summed E-state index contributed by atoms with van der Waals surface area (Å²) < 4.78 is 41.4.